The molecule has 0 saturated heterocycles. The van der Waals surface area contributed by atoms with E-state index in [-0.39, 0.29) is 5.78 Å². The van der Waals surface area contributed by atoms with Gasteiger partial charge in [-0.3, -0.25) is 9.59 Å². The molecule has 0 amide bonds. The number of benzene rings is 1. The van der Waals surface area contributed by atoms with Crippen LogP contribution in [0.3, 0.4) is 0 Å². The zero-order chi connectivity index (χ0) is 20.9. The summed E-state index contributed by atoms with van der Waals surface area (Å²) in [6, 6.07) is 9.50. The number of ether oxygens (including phenoxy) is 1. The number of sulfonamides is 1. The number of carbonyl (C=O) groups is 2. The molecule has 0 radical (unpaired) electrons. The van der Waals surface area contributed by atoms with Gasteiger partial charge in [-0.05, 0) is 38.5 Å². The van der Waals surface area contributed by atoms with Gasteiger partial charge in [0.25, 0.3) is 0 Å². The number of nitrogens with one attached hydrogen (secondary N) is 1. The molecule has 0 saturated carbocycles. The lowest BCUT2D eigenvalue weighted by atomic mass is 10.1. The van der Waals surface area contributed by atoms with Crippen molar-refractivity contribution in [2.24, 2.45) is 7.05 Å². The molecule has 7 nitrogen and oxygen atoms in total. The predicted molar refractivity (Wildman–Crippen MR) is 107 cm³/mol. The molecule has 0 bridgehead atoms. The number of nitrogens with zero attached hydrogens (tertiary/aromatic N) is 1. The maximum atomic E-state index is 12.3. The fourth-order valence-electron chi connectivity index (χ4n) is 2.54. The first-order chi connectivity index (χ1) is 13.1. The molecule has 1 heterocycles. The molecule has 150 valence electrons. The van der Waals surface area contributed by atoms with Gasteiger partial charge < -0.3 is 9.30 Å². The molecule has 1 N–H and O–H groups in total. The van der Waals surface area contributed by atoms with Gasteiger partial charge >= 0.3 is 5.97 Å². The van der Waals surface area contributed by atoms with E-state index in [2.05, 4.69) is 4.72 Å². The maximum absolute atomic E-state index is 12.3. The molecule has 2 aromatic rings. The topological polar surface area (TPSA) is 94.5 Å². The molecular formula is C20H24N2O5S. The van der Waals surface area contributed by atoms with Crippen LogP contribution < -0.4 is 4.72 Å². The first-order valence-electron chi connectivity index (χ1n) is 8.69. The first-order valence-corrected chi connectivity index (χ1v) is 10.2. The van der Waals surface area contributed by atoms with Crippen LogP contribution in [0.1, 0.15) is 34.2 Å². The van der Waals surface area contributed by atoms with Crippen molar-refractivity contribution in [2.45, 2.75) is 26.8 Å². The molecule has 0 spiro atoms. The maximum Gasteiger partial charge on any atom is 0.324 e. The number of rotatable bonds is 8. The highest BCUT2D eigenvalue weighted by Crippen LogP contribution is 2.14. The molecule has 1 atom stereocenters. The summed E-state index contributed by atoms with van der Waals surface area (Å²) in [5.41, 5.74) is 2.88. The van der Waals surface area contributed by atoms with E-state index in [0.29, 0.717) is 11.1 Å². The molecule has 0 aliphatic heterocycles. The lowest BCUT2D eigenvalue weighted by Crippen LogP contribution is -2.39. The van der Waals surface area contributed by atoms with E-state index in [9.17, 15) is 18.0 Å². The number of aromatic nitrogens is 1. The van der Waals surface area contributed by atoms with Crippen molar-refractivity contribution in [3.8, 4) is 0 Å². The number of ketones is 1. The van der Waals surface area contributed by atoms with E-state index < -0.39 is 28.6 Å². The summed E-state index contributed by atoms with van der Waals surface area (Å²) in [5.74, 6) is -1.16. The normalized spacial score (nSPS) is 12.9. The molecule has 0 aliphatic carbocycles. The minimum absolute atomic E-state index is 0.339. The Morgan fingerprint density at radius 1 is 1.21 bits per heavy atom. The van der Waals surface area contributed by atoms with Crippen LogP contribution in [0, 0.1) is 13.8 Å². The highest BCUT2D eigenvalue weighted by molar-refractivity contribution is 7.92. The van der Waals surface area contributed by atoms with Crippen molar-refractivity contribution >= 4 is 27.9 Å². The van der Waals surface area contributed by atoms with Crippen LogP contribution in [0.15, 0.2) is 41.8 Å². The van der Waals surface area contributed by atoms with Crippen LogP contribution in [0.4, 0.5) is 0 Å². The van der Waals surface area contributed by atoms with Crippen LogP contribution in [0.2, 0.25) is 0 Å². The second-order valence-electron chi connectivity index (χ2n) is 6.47. The van der Waals surface area contributed by atoms with Gasteiger partial charge in [0.1, 0.15) is 6.04 Å². The molecular weight excluding hydrogens is 380 g/mol. The van der Waals surface area contributed by atoms with Gasteiger partial charge in [-0.15, -0.1) is 0 Å². The van der Waals surface area contributed by atoms with Crippen molar-refractivity contribution in [1.29, 1.82) is 0 Å². The highest BCUT2D eigenvalue weighted by atomic mass is 32.2. The third kappa shape index (κ3) is 5.64. The molecule has 0 aliphatic rings. The van der Waals surface area contributed by atoms with Crippen molar-refractivity contribution < 1.29 is 22.7 Å². The summed E-state index contributed by atoms with van der Waals surface area (Å²) in [5, 5.41) is 0.980. The summed E-state index contributed by atoms with van der Waals surface area (Å²) in [6.07, 6.45) is 1.42. The van der Waals surface area contributed by atoms with Crippen molar-refractivity contribution in [1.82, 2.24) is 9.29 Å². The molecule has 28 heavy (non-hydrogen) atoms. The van der Waals surface area contributed by atoms with Gasteiger partial charge in [0.2, 0.25) is 15.8 Å². The Morgan fingerprint density at radius 3 is 2.43 bits per heavy atom. The van der Waals surface area contributed by atoms with E-state index in [0.717, 1.165) is 16.8 Å². The Bertz CT molecular complexity index is 991. The van der Waals surface area contributed by atoms with E-state index in [1.807, 2.05) is 24.6 Å². The van der Waals surface area contributed by atoms with Gasteiger partial charge in [-0.25, -0.2) is 8.42 Å². The average Bonchev–Trinajstić information content (AvgIpc) is 2.92. The highest BCUT2D eigenvalue weighted by Gasteiger charge is 2.22. The predicted octanol–water partition coefficient (Wildman–Crippen LogP) is 2.35. The SMILES string of the molecule is Cc1cc(C(=O)COC(=O)[C@H](C)NS(=O)(=O)/C=C/c2ccccc2)c(C)n1C. The zero-order valence-electron chi connectivity index (χ0n) is 16.3. The Kier molecular flexibility index (Phi) is 6.93. The Labute approximate surface area is 165 Å². The molecule has 1 aromatic carbocycles. The Balaban J connectivity index is 1.92. The first kappa shape index (κ1) is 21.6. The summed E-state index contributed by atoms with van der Waals surface area (Å²) >= 11 is 0. The van der Waals surface area contributed by atoms with Crippen LogP contribution >= 0.6 is 0 Å². The van der Waals surface area contributed by atoms with E-state index in [1.165, 1.54) is 13.0 Å². The number of Topliss-reactive ketones (excluding diaryl/α,β-unsaturated/α-hetero) is 1. The minimum atomic E-state index is -3.84. The number of aryl methyl sites for hydroxylation is 1. The number of carbonyl (C=O) groups excluding carboxylic acids is 2. The number of hydrogen-bond acceptors (Lipinski definition) is 5. The molecule has 0 unspecified atom stereocenters. The molecule has 0 fully saturated rings. The van der Waals surface area contributed by atoms with Crippen LogP contribution in [0.25, 0.3) is 6.08 Å². The van der Waals surface area contributed by atoms with Crippen molar-refractivity contribution in [3.05, 3.63) is 64.3 Å². The van der Waals surface area contributed by atoms with Crippen molar-refractivity contribution in [2.75, 3.05) is 6.61 Å². The van der Waals surface area contributed by atoms with Gasteiger partial charge in [-0.1, -0.05) is 30.3 Å². The van der Waals surface area contributed by atoms with E-state index in [1.54, 1.807) is 37.3 Å². The number of esters is 1. The average molecular weight is 404 g/mol. The number of hydrogen-bond donors (Lipinski definition) is 1. The zero-order valence-corrected chi connectivity index (χ0v) is 17.1. The third-order valence-corrected chi connectivity index (χ3v) is 5.53. The smallest absolute Gasteiger partial charge is 0.324 e. The fourth-order valence-corrected chi connectivity index (χ4v) is 3.55. The second kappa shape index (κ2) is 8.99. The molecule has 8 heteroatoms. The lowest BCUT2D eigenvalue weighted by molar-refractivity contribution is -0.144. The second-order valence-corrected chi connectivity index (χ2v) is 8.07. The monoisotopic (exact) mass is 404 g/mol. The van der Waals surface area contributed by atoms with Gasteiger partial charge in [0.05, 0.1) is 0 Å². The lowest BCUT2D eigenvalue weighted by Gasteiger charge is -2.12. The summed E-state index contributed by atoms with van der Waals surface area (Å²) in [4.78, 5) is 24.3. The van der Waals surface area contributed by atoms with Gasteiger partial charge in [-0.2, -0.15) is 4.72 Å². The summed E-state index contributed by atoms with van der Waals surface area (Å²) in [7, 11) is -2.00. The standard InChI is InChI=1S/C20H24N2O5S/c1-14-12-18(16(3)22(14)4)19(23)13-27-20(24)15(2)21-28(25,26)11-10-17-8-6-5-7-9-17/h5-12,15,21H,13H2,1-4H3/b11-10+/t15-/m0/s1. The largest absolute Gasteiger partial charge is 0.456 e. The quantitative estimate of drug-likeness (QED) is 0.538. The van der Waals surface area contributed by atoms with Gasteiger partial charge in [0.15, 0.2) is 6.61 Å². The molecule has 1 aromatic heterocycles. The minimum Gasteiger partial charge on any atom is -0.456 e. The van der Waals surface area contributed by atoms with E-state index in [4.69, 9.17) is 4.74 Å². The van der Waals surface area contributed by atoms with Gasteiger partial charge in [0, 0.05) is 29.4 Å². The Hall–Kier alpha value is -2.71. The van der Waals surface area contributed by atoms with Crippen LogP contribution in [-0.4, -0.2) is 37.4 Å². The van der Waals surface area contributed by atoms with Crippen molar-refractivity contribution in [3.63, 3.8) is 0 Å². The molecule has 2 rings (SSSR count). The van der Waals surface area contributed by atoms with Crippen LogP contribution in [-0.2, 0) is 26.6 Å². The fraction of sp³-hybridized carbons (Fsp3) is 0.300. The third-order valence-electron chi connectivity index (χ3n) is 4.35. The Morgan fingerprint density at radius 2 is 1.86 bits per heavy atom. The van der Waals surface area contributed by atoms with E-state index >= 15 is 0 Å². The summed E-state index contributed by atoms with van der Waals surface area (Å²) in [6.45, 7) is 4.58. The summed E-state index contributed by atoms with van der Waals surface area (Å²) < 4.78 is 33.2. The van der Waals surface area contributed by atoms with Crippen LogP contribution in [0.5, 0.6) is 0 Å².